The molecule has 1 saturated heterocycles. The highest BCUT2D eigenvalue weighted by Gasteiger charge is 2.32. The normalized spacial score (nSPS) is 16.2. The molecule has 1 unspecified atom stereocenters. The summed E-state index contributed by atoms with van der Waals surface area (Å²) in [7, 11) is 0. The number of aliphatic hydroxyl groups excluding tert-OH is 1. The van der Waals surface area contributed by atoms with E-state index in [1.54, 1.807) is 18.2 Å². The Morgan fingerprint density at radius 2 is 2.00 bits per heavy atom. The van der Waals surface area contributed by atoms with Crippen LogP contribution in [-0.2, 0) is 16.0 Å². The Labute approximate surface area is 184 Å². The molecular formula is C22H21FN2O3S2. The highest BCUT2D eigenvalue weighted by atomic mass is 32.2. The minimum Gasteiger partial charge on any atom is -0.394 e. The van der Waals surface area contributed by atoms with Crippen LogP contribution in [0.5, 0.6) is 0 Å². The zero-order chi connectivity index (χ0) is 21.5. The van der Waals surface area contributed by atoms with Gasteiger partial charge in [0.05, 0.1) is 17.6 Å². The third kappa shape index (κ3) is 5.98. The minimum absolute atomic E-state index is 0.0605. The summed E-state index contributed by atoms with van der Waals surface area (Å²) in [6.07, 6.45) is 2.16. The maximum atomic E-state index is 13.4. The molecule has 2 amide bonds. The first-order chi connectivity index (χ1) is 14.5. The van der Waals surface area contributed by atoms with E-state index in [-0.39, 0.29) is 37.2 Å². The van der Waals surface area contributed by atoms with Gasteiger partial charge in [0.25, 0.3) is 5.91 Å². The molecule has 0 bridgehead atoms. The highest BCUT2D eigenvalue weighted by Crippen LogP contribution is 2.32. The van der Waals surface area contributed by atoms with Crippen molar-refractivity contribution >= 4 is 46.2 Å². The predicted octanol–water partition coefficient (Wildman–Crippen LogP) is 3.14. The number of rotatable bonds is 8. The third-order valence-corrected chi connectivity index (χ3v) is 5.87. The molecule has 156 valence electrons. The average molecular weight is 445 g/mol. The van der Waals surface area contributed by atoms with Gasteiger partial charge in [-0.15, -0.1) is 0 Å². The number of hydrogen-bond acceptors (Lipinski definition) is 5. The number of carbonyl (C=O) groups excluding carboxylic acids is 2. The van der Waals surface area contributed by atoms with Crippen LogP contribution in [0.3, 0.4) is 0 Å². The van der Waals surface area contributed by atoms with Crippen LogP contribution in [0.4, 0.5) is 4.39 Å². The van der Waals surface area contributed by atoms with Gasteiger partial charge in [-0.1, -0.05) is 66.4 Å². The Morgan fingerprint density at radius 1 is 1.23 bits per heavy atom. The zero-order valence-electron chi connectivity index (χ0n) is 16.1. The molecule has 1 aliphatic rings. The molecule has 2 aromatic carbocycles. The molecule has 5 nitrogen and oxygen atoms in total. The van der Waals surface area contributed by atoms with Crippen LogP contribution >= 0.6 is 24.0 Å². The Balaban J connectivity index is 1.55. The monoisotopic (exact) mass is 444 g/mol. The fraction of sp³-hybridized carbons (Fsp3) is 0.227. The Hall–Kier alpha value is -2.55. The highest BCUT2D eigenvalue weighted by molar-refractivity contribution is 8.26. The van der Waals surface area contributed by atoms with Gasteiger partial charge >= 0.3 is 0 Å². The molecular weight excluding hydrogens is 423 g/mol. The number of carbonyl (C=O) groups is 2. The van der Waals surface area contributed by atoms with Crippen LogP contribution < -0.4 is 5.32 Å². The number of thiocarbonyl (C=S) groups is 1. The molecule has 30 heavy (non-hydrogen) atoms. The molecule has 1 atom stereocenters. The van der Waals surface area contributed by atoms with Crippen molar-refractivity contribution in [1.82, 2.24) is 10.2 Å². The van der Waals surface area contributed by atoms with Crippen molar-refractivity contribution < 1.29 is 19.1 Å². The molecule has 3 rings (SSSR count). The van der Waals surface area contributed by atoms with E-state index in [0.29, 0.717) is 21.2 Å². The van der Waals surface area contributed by atoms with E-state index in [1.807, 2.05) is 30.3 Å². The van der Waals surface area contributed by atoms with Crippen LogP contribution in [0, 0.1) is 5.82 Å². The lowest BCUT2D eigenvalue weighted by Gasteiger charge is -2.18. The summed E-state index contributed by atoms with van der Waals surface area (Å²) in [5.74, 6) is -0.956. The number of nitrogens with one attached hydrogen (secondary N) is 1. The average Bonchev–Trinajstić information content (AvgIpc) is 2.99. The summed E-state index contributed by atoms with van der Waals surface area (Å²) in [5.41, 5.74) is 1.58. The predicted molar refractivity (Wildman–Crippen MR) is 120 cm³/mol. The number of benzene rings is 2. The van der Waals surface area contributed by atoms with Gasteiger partial charge in [-0.2, -0.15) is 0 Å². The largest absolute Gasteiger partial charge is 0.394 e. The second kappa shape index (κ2) is 10.5. The van der Waals surface area contributed by atoms with E-state index in [4.69, 9.17) is 12.2 Å². The quantitative estimate of drug-likeness (QED) is 0.484. The van der Waals surface area contributed by atoms with E-state index in [0.717, 1.165) is 17.3 Å². The molecule has 0 aromatic heterocycles. The first-order valence-electron chi connectivity index (χ1n) is 9.41. The maximum absolute atomic E-state index is 13.4. The molecule has 1 heterocycles. The van der Waals surface area contributed by atoms with Crippen molar-refractivity contribution in [2.45, 2.75) is 18.9 Å². The van der Waals surface area contributed by atoms with Gasteiger partial charge < -0.3 is 10.4 Å². The van der Waals surface area contributed by atoms with E-state index >= 15 is 0 Å². The van der Waals surface area contributed by atoms with Crippen molar-refractivity contribution in [2.24, 2.45) is 0 Å². The van der Waals surface area contributed by atoms with Crippen molar-refractivity contribution in [1.29, 1.82) is 0 Å². The lowest BCUT2D eigenvalue weighted by atomic mass is 10.1. The molecule has 1 aliphatic heterocycles. The molecule has 0 spiro atoms. The summed E-state index contributed by atoms with van der Waals surface area (Å²) >= 11 is 6.40. The Bertz CT molecular complexity index is 966. The number of nitrogens with zero attached hydrogens (tertiary/aromatic N) is 1. The van der Waals surface area contributed by atoms with Crippen LogP contribution in [0.2, 0.25) is 0 Å². The molecule has 0 aliphatic carbocycles. The number of amides is 2. The Kier molecular flexibility index (Phi) is 7.73. The molecule has 0 saturated carbocycles. The summed E-state index contributed by atoms with van der Waals surface area (Å²) < 4.78 is 13.7. The van der Waals surface area contributed by atoms with Gasteiger partial charge in [0.15, 0.2) is 0 Å². The SMILES string of the molecule is O=C(CCN1C(=O)/C(=C/c2cccc(F)c2)SC1=S)NC(CO)Cc1ccccc1. The second-order valence-electron chi connectivity index (χ2n) is 6.78. The molecule has 1 fully saturated rings. The number of hydrogen-bond donors (Lipinski definition) is 2. The summed E-state index contributed by atoms with van der Waals surface area (Å²) in [6.45, 7) is -0.0431. The van der Waals surface area contributed by atoms with Gasteiger partial charge in [0.1, 0.15) is 10.1 Å². The molecule has 8 heteroatoms. The smallest absolute Gasteiger partial charge is 0.266 e. The molecule has 2 aromatic rings. The third-order valence-electron chi connectivity index (χ3n) is 4.49. The van der Waals surface area contributed by atoms with Crippen molar-refractivity contribution in [2.75, 3.05) is 13.2 Å². The van der Waals surface area contributed by atoms with Crippen LogP contribution in [0.1, 0.15) is 17.5 Å². The Morgan fingerprint density at radius 3 is 2.70 bits per heavy atom. The van der Waals surface area contributed by atoms with Crippen LogP contribution in [-0.4, -0.2) is 45.3 Å². The van der Waals surface area contributed by atoms with Gasteiger partial charge in [-0.05, 0) is 35.8 Å². The number of halogens is 1. The van der Waals surface area contributed by atoms with E-state index in [2.05, 4.69) is 5.32 Å². The first kappa shape index (κ1) is 22.1. The topological polar surface area (TPSA) is 69.6 Å². The van der Waals surface area contributed by atoms with E-state index in [9.17, 15) is 19.1 Å². The summed E-state index contributed by atoms with van der Waals surface area (Å²) in [4.78, 5) is 26.7. The maximum Gasteiger partial charge on any atom is 0.266 e. The fourth-order valence-corrected chi connectivity index (χ4v) is 4.32. The van der Waals surface area contributed by atoms with Gasteiger partial charge in [-0.3, -0.25) is 14.5 Å². The lowest BCUT2D eigenvalue weighted by molar-refractivity contribution is -0.124. The number of thioether (sulfide) groups is 1. The van der Waals surface area contributed by atoms with Crippen LogP contribution in [0.25, 0.3) is 6.08 Å². The van der Waals surface area contributed by atoms with E-state index < -0.39 is 6.04 Å². The zero-order valence-corrected chi connectivity index (χ0v) is 17.7. The fourth-order valence-electron chi connectivity index (χ4n) is 3.01. The van der Waals surface area contributed by atoms with Crippen LogP contribution in [0.15, 0.2) is 59.5 Å². The van der Waals surface area contributed by atoms with Gasteiger partial charge in [0.2, 0.25) is 5.91 Å². The second-order valence-corrected chi connectivity index (χ2v) is 8.45. The van der Waals surface area contributed by atoms with E-state index in [1.165, 1.54) is 17.0 Å². The first-order valence-corrected chi connectivity index (χ1v) is 10.6. The van der Waals surface area contributed by atoms with Gasteiger partial charge in [0, 0.05) is 13.0 Å². The minimum atomic E-state index is -0.404. The summed E-state index contributed by atoms with van der Waals surface area (Å²) in [5, 5.41) is 12.3. The van der Waals surface area contributed by atoms with Crippen molar-refractivity contribution in [3.8, 4) is 0 Å². The summed E-state index contributed by atoms with van der Waals surface area (Å²) in [6, 6.07) is 15.1. The van der Waals surface area contributed by atoms with Crippen molar-refractivity contribution in [3.63, 3.8) is 0 Å². The molecule has 0 radical (unpaired) electrons. The standard InChI is InChI=1S/C22H21FN2O3S2/c23-17-8-4-7-16(11-17)13-19-21(28)25(22(29)30-19)10-9-20(27)24-18(14-26)12-15-5-2-1-3-6-15/h1-8,11,13,18,26H,9-10,12,14H2,(H,24,27)/b19-13-. The van der Waals surface area contributed by atoms with Gasteiger partial charge in [-0.25, -0.2) is 4.39 Å². The lowest BCUT2D eigenvalue weighted by Crippen LogP contribution is -2.41. The number of aliphatic hydroxyl groups is 1. The van der Waals surface area contributed by atoms with Crippen molar-refractivity contribution in [3.05, 3.63) is 76.4 Å². The molecule has 2 N–H and O–H groups in total.